The van der Waals surface area contributed by atoms with Crippen LogP contribution in [0, 0.1) is 23.2 Å². The number of likely N-dealkylation sites (N-methyl/N-ethyl adjacent to an activating group) is 1. The Morgan fingerprint density at radius 3 is 2.22 bits per heavy atom. The molecule has 1 amide bonds. The predicted molar refractivity (Wildman–Crippen MR) is 93.3 cm³/mol. The van der Waals surface area contributed by atoms with Gasteiger partial charge in [0.15, 0.2) is 0 Å². The van der Waals surface area contributed by atoms with Crippen LogP contribution in [0.2, 0.25) is 0 Å². The Hall–Kier alpha value is -1.51. The normalized spacial score (nSPS) is 34.4. The van der Waals surface area contributed by atoms with E-state index in [0.29, 0.717) is 12.0 Å². The Kier molecular flexibility index (Phi) is 3.82. The van der Waals surface area contributed by atoms with E-state index in [4.69, 9.17) is 0 Å². The molecule has 4 saturated carbocycles. The van der Waals surface area contributed by atoms with Crippen LogP contribution in [-0.4, -0.2) is 26.0 Å². The van der Waals surface area contributed by atoms with Crippen LogP contribution in [0.4, 0.5) is 5.69 Å². The first-order chi connectivity index (χ1) is 11.1. The van der Waals surface area contributed by atoms with Crippen molar-refractivity contribution in [2.45, 2.75) is 38.5 Å². The van der Waals surface area contributed by atoms with E-state index in [1.54, 1.807) is 0 Å². The summed E-state index contributed by atoms with van der Waals surface area (Å²) in [5, 5.41) is 3.26. The molecule has 0 aliphatic heterocycles. The van der Waals surface area contributed by atoms with Crippen LogP contribution in [0.25, 0.3) is 0 Å². The molecule has 0 heterocycles. The van der Waals surface area contributed by atoms with Crippen molar-refractivity contribution in [3.8, 4) is 0 Å². The number of hydrogen-bond donors (Lipinski definition) is 1. The molecular weight excluding hydrogens is 284 g/mol. The third kappa shape index (κ3) is 3.11. The Labute approximate surface area is 139 Å². The van der Waals surface area contributed by atoms with Gasteiger partial charge >= 0.3 is 0 Å². The van der Waals surface area contributed by atoms with Gasteiger partial charge in [0, 0.05) is 19.3 Å². The Morgan fingerprint density at radius 2 is 1.65 bits per heavy atom. The number of rotatable bonds is 5. The van der Waals surface area contributed by atoms with Crippen LogP contribution >= 0.6 is 0 Å². The first-order valence-corrected chi connectivity index (χ1v) is 9.15. The van der Waals surface area contributed by atoms with E-state index >= 15 is 0 Å². The Bertz CT molecular complexity index is 533. The summed E-state index contributed by atoms with van der Waals surface area (Å²) in [6.07, 6.45) is 8.45. The lowest BCUT2D eigenvalue weighted by Gasteiger charge is -2.56. The van der Waals surface area contributed by atoms with E-state index in [-0.39, 0.29) is 5.91 Å². The van der Waals surface area contributed by atoms with Crippen molar-refractivity contribution >= 4 is 11.6 Å². The molecule has 0 radical (unpaired) electrons. The molecule has 0 unspecified atom stereocenters. The van der Waals surface area contributed by atoms with Gasteiger partial charge in [-0.3, -0.25) is 4.79 Å². The monoisotopic (exact) mass is 312 g/mol. The second kappa shape index (κ2) is 5.85. The molecule has 1 aromatic carbocycles. The molecule has 1 N–H and O–H groups in total. The van der Waals surface area contributed by atoms with Gasteiger partial charge in [0.25, 0.3) is 0 Å². The highest BCUT2D eigenvalue weighted by molar-refractivity contribution is 5.81. The zero-order valence-corrected chi connectivity index (χ0v) is 14.1. The molecular formula is C20H28N2O. The fourth-order valence-corrected chi connectivity index (χ4v) is 5.84. The smallest absolute Gasteiger partial charge is 0.239 e. The van der Waals surface area contributed by atoms with E-state index < -0.39 is 0 Å². The highest BCUT2D eigenvalue weighted by Gasteiger charge is 2.50. The van der Waals surface area contributed by atoms with Gasteiger partial charge in [-0.25, -0.2) is 0 Å². The highest BCUT2D eigenvalue weighted by atomic mass is 16.2. The summed E-state index contributed by atoms with van der Waals surface area (Å²) < 4.78 is 0. The average Bonchev–Trinajstić information content (AvgIpc) is 2.53. The number of para-hydroxylation sites is 1. The molecule has 0 atom stereocenters. The molecule has 4 fully saturated rings. The molecule has 0 spiro atoms. The van der Waals surface area contributed by atoms with Gasteiger partial charge in [0.1, 0.15) is 0 Å². The third-order valence-corrected chi connectivity index (χ3v) is 6.40. The maximum atomic E-state index is 12.4. The number of carbonyl (C=O) groups excluding carboxylic acids is 1. The quantitative estimate of drug-likeness (QED) is 0.903. The van der Waals surface area contributed by atoms with E-state index in [1.807, 2.05) is 42.3 Å². The van der Waals surface area contributed by atoms with Crippen molar-refractivity contribution in [3.05, 3.63) is 30.3 Å². The number of benzene rings is 1. The second-order valence-corrected chi connectivity index (χ2v) is 8.39. The first-order valence-electron chi connectivity index (χ1n) is 9.15. The van der Waals surface area contributed by atoms with Crippen LogP contribution in [0.5, 0.6) is 0 Å². The molecule has 4 aliphatic rings. The van der Waals surface area contributed by atoms with E-state index in [9.17, 15) is 4.79 Å². The minimum atomic E-state index is 0.159. The lowest BCUT2D eigenvalue weighted by atomic mass is 9.49. The van der Waals surface area contributed by atoms with Crippen LogP contribution in [0.3, 0.4) is 0 Å². The van der Waals surface area contributed by atoms with Crippen LogP contribution in [-0.2, 0) is 4.79 Å². The van der Waals surface area contributed by atoms with Gasteiger partial charge in [0.2, 0.25) is 5.91 Å². The van der Waals surface area contributed by atoms with Gasteiger partial charge in [-0.2, -0.15) is 0 Å². The van der Waals surface area contributed by atoms with Crippen molar-refractivity contribution < 1.29 is 4.79 Å². The van der Waals surface area contributed by atoms with Gasteiger partial charge in [0.05, 0.1) is 6.54 Å². The summed E-state index contributed by atoms with van der Waals surface area (Å²) in [4.78, 5) is 14.4. The standard InChI is InChI=1S/C20H28N2O/c1-22(18-5-3-2-4-6-18)13-19(23)21-14-20-10-15-7-16(11-20)9-17(8-15)12-20/h2-6,15-17H,7-14H2,1H3,(H,21,23). The fourth-order valence-electron chi connectivity index (χ4n) is 5.84. The topological polar surface area (TPSA) is 32.3 Å². The first kappa shape index (κ1) is 15.0. The summed E-state index contributed by atoms with van der Waals surface area (Å²) in [5.74, 6) is 3.01. The van der Waals surface area contributed by atoms with Crippen molar-refractivity contribution in [3.63, 3.8) is 0 Å². The Balaban J connectivity index is 1.32. The van der Waals surface area contributed by atoms with Crippen LogP contribution < -0.4 is 10.2 Å². The maximum absolute atomic E-state index is 12.4. The van der Waals surface area contributed by atoms with E-state index in [0.717, 1.165) is 30.0 Å². The number of nitrogens with one attached hydrogen (secondary N) is 1. The summed E-state index contributed by atoms with van der Waals surface area (Å²) >= 11 is 0. The molecule has 1 aromatic rings. The molecule has 4 aliphatic carbocycles. The van der Waals surface area contributed by atoms with Gasteiger partial charge in [-0.1, -0.05) is 18.2 Å². The summed E-state index contributed by atoms with van der Waals surface area (Å²) in [6, 6.07) is 10.1. The number of nitrogens with zero attached hydrogens (tertiary/aromatic N) is 1. The third-order valence-electron chi connectivity index (χ3n) is 6.40. The number of carbonyl (C=O) groups is 1. The SMILES string of the molecule is CN(CC(=O)NCC12CC3CC(CC(C3)C1)C2)c1ccccc1. The Morgan fingerprint density at radius 1 is 1.09 bits per heavy atom. The summed E-state index contributed by atoms with van der Waals surface area (Å²) in [6.45, 7) is 1.34. The van der Waals surface area contributed by atoms with Gasteiger partial charge in [-0.05, 0) is 73.8 Å². The van der Waals surface area contributed by atoms with Crippen molar-refractivity contribution in [1.29, 1.82) is 0 Å². The molecule has 3 nitrogen and oxygen atoms in total. The number of anilines is 1. The molecule has 0 aromatic heterocycles. The van der Waals surface area contributed by atoms with Crippen molar-refractivity contribution in [2.75, 3.05) is 25.0 Å². The second-order valence-electron chi connectivity index (χ2n) is 8.39. The fraction of sp³-hybridized carbons (Fsp3) is 0.650. The zero-order valence-electron chi connectivity index (χ0n) is 14.1. The van der Waals surface area contributed by atoms with Crippen LogP contribution in [0.1, 0.15) is 38.5 Å². The van der Waals surface area contributed by atoms with Gasteiger partial charge < -0.3 is 10.2 Å². The minimum Gasteiger partial charge on any atom is -0.365 e. The maximum Gasteiger partial charge on any atom is 0.239 e. The van der Waals surface area contributed by atoms with Crippen molar-refractivity contribution in [2.24, 2.45) is 23.2 Å². The largest absolute Gasteiger partial charge is 0.365 e. The molecule has 3 heteroatoms. The van der Waals surface area contributed by atoms with Crippen molar-refractivity contribution in [1.82, 2.24) is 5.32 Å². The number of amides is 1. The lowest BCUT2D eigenvalue weighted by molar-refractivity contribution is -0.121. The van der Waals surface area contributed by atoms with E-state index in [1.165, 1.54) is 38.5 Å². The molecule has 124 valence electrons. The van der Waals surface area contributed by atoms with Crippen LogP contribution in [0.15, 0.2) is 30.3 Å². The molecule has 23 heavy (non-hydrogen) atoms. The minimum absolute atomic E-state index is 0.159. The average molecular weight is 312 g/mol. The molecule has 5 rings (SSSR count). The summed E-state index contributed by atoms with van der Waals surface area (Å²) in [5.41, 5.74) is 1.52. The summed E-state index contributed by atoms with van der Waals surface area (Å²) in [7, 11) is 1.99. The van der Waals surface area contributed by atoms with E-state index in [2.05, 4.69) is 5.32 Å². The van der Waals surface area contributed by atoms with Gasteiger partial charge in [-0.15, -0.1) is 0 Å². The number of hydrogen-bond acceptors (Lipinski definition) is 2. The molecule has 0 saturated heterocycles. The highest BCUT2D eigenvalue weighted by Crippen LogP contribution is 2.59. The predicted octanol–water partition coefficient (Wildman–Crippen LogP) is 3.46. The zero-order chi connectivity index (χ0) is 15.9. The lowest BCUT2D eigenvalue weighted by Crippen LogP contribution is -2.52. The molecule has 4 bridgehead atoms.